The Labute approximate surface area is 230 Å². The lowest BCUT2D eigenvalue weighted by molar-refractivity contribution is -0.180. The van der Waals surface area contributed by atoms with Gasteiger partial charge in [-0.25, -0.2) is 18.4 Å². The fourth-order valence-corrected chi connectivity index (χ4v) is 5.03. The zero-order valence-electron chi connectivity index (χ0n) is 22.5. The van der Waals surface area contributed by atoms with E-state index < -0.39 is 15.8 Å². The van der Waals surface area contributed by atoms with Crippen molar-refractivity contribution in [3.63, 3.8) is 0 Å². The van der Waals surface area contributed by atoms with Crippen LogP contribution in [0.15, 0.2) is 47.4 Å². The fourth-order valence-electron chi connectivity index (χ4n) is 4.47. The summed E-state index contributed by atoms with van der Waals surface area (Å²) in [5, 5.41) is 5.14. The second-order valence-corrected chi connectivity index (χ2v) is 11.7. The van der Waals surface area contributed by atoms with Crippen LogP contribution in [0.1, 0.15) is 68.7 Å². The van der Waals surface area contributed by atoms with Gasteiger partial charge in [0.2, 0.25) is 15.8 Å². The van der Waals surface area contributed by atoms with E-state index in [1.54, 1.807) is 17.0 Å². The van der Waals surface area contributed by atoms with Crippen LogP contribution in [0.25, 0.3) is 0 Å². The van der Waals surface area contributed by atoms with Gasteiger partial charge in [0.25, 0.3) is 0 Å². The number of fused-ring (bicyclic) bond motifs is 1. The van der Waals surface area contributed by atoms with Crippen molar-refractivity contribution >= 4 is 16.1 Å². The van der Waals surface area contributed by atoms with Gasteiger partial charge in [0.15, 0.2) is 0 Å². The summed E-state index contributed by atoms with van der Waals surface area (Å²) in [7, 11) is -3.74. The SMILES string of the molecule is CC1(C)OCc2cc([C@@H]3CN(CCCCCCCOCC#Cc4cccc(S(N)(=O)=O)c4)C(=O)O3)ccc2O1. The molecule has 1 fully saturated rings. The van der Waals surface area contributed by atoms with E-state index in [-0.39, 0.29) is 23.7 Å². The first-order valence-corrected chi connectivity index (χ1v) is 14.8. The number of unbranched alkanes of at least 4 members (excludes halogenated alkanes) is 4. The van der Waals surface area contributed by atoms with Gasteiger partial charge in [0, 0.05) is 38.1 Å². The molecule has 2 N–H and O–H groups in total. The van der Waals surface area contributed by atoms with Gasteiger partial charge in [-0.3, -0.25) is 0 Å². The Balaban J connectivity index is 1.07. The molecule has 0 aromatic heterocycles. The first kappa shape index (κ1) is 28.9. The van der Waals surface area contributed by atoms with Gasteiger partial charge in [-0.15, -0.1) is 0 Å². The number of hydrogen-bond acceptors (Lipinski definition) is 7. The number of carbonyl (C=O) groups excluding carboxylic acids is 1. The van der Waals surface area contributed by atoms with Gasteiger partial charge < -0.3 is 23.8 Å². The highest BCUT2D eigenvalue weighted by atomic mass is 32.2. The molecule has 0 bridgehead atoms. The van der Waals surface area contributed by atoms with E-state index in [0.717, 1.165) is 49.0 Å². The van der Waals surface area contributed by atoms with Crippen LogP contribution in [-0.4, -0.2) is 51.5 Å². The molecular weight excluding hydrogens is 520 g/mol. The van der Waals surface area contributed by atoms with Crippen LogP contribution in [0.4, 0.5) is 4.79 Å². The number of primary sulfonamides is 1. The van der Waals surface area contributed by atoms with Gasteiger partial charge in [-0.1, -0.05) is 43.2 Å². The van der Waals surface area contributed by atoms with E-state index >= 15 is 0 Å². The zero-order chi connectivity index (χ0) is 27.9. The third-order valence-corrected chi connectivity index (χ3v) is 7.47. The van der Waals surface area contributed by atoms with E-state index in [4.69, 9.17) is 24.1 Å². The second-order valence-electron chi connectivity index (χ2n) is 10.2. The Hall–Kier alpha value is -3.10. The maximum absolute atomic E-state index is 12.4. The second kappa shape index (κ2) is 12.8. The molecule has 0 radical (unpaired) electrons. The summed E-state index contributed by atoms with van der Waals surface area (Å²) < 4.78 is 45.6. The van der Waals surface area contributed by atoms with Crippen molar-refractivity contribution in [2.45, 2.75) is 69.3 Å². The Kier molecular flexibility index (Phi) is 9.51. The highest BCUT2D eigenvalue weighted by molar-refractivity contribution is 7.89. The number of nitrogens with two attached hydrogens (primary N) is 1. The molecule has 9 nitrogen and oxygen atoms in total. The molecule has 0 spiro atoms. The monoisotopic (exact) mass is 556 g/mol. The molecule has 4 rings (SSSR count). The summed E-state index contributed by atoms with van der Waals surface area (Å²) in [6.45, 7) is 6.36. The summed E-state index contributed by atoms with van der Waals surface area (Å²) in [6, 6.07) is 12.1. The van der Waals surface area contributed by atoms with Gasteiger partial charge in [-0.05, 0) is 48.7 Å². The molecule has 210 valence electrons. The molecular formula is C29H36N2O7S. The number of nitrogens with zero attached hydrogens (tertiary/aromatic N) is 1. The lowest BCUT2D eigenvalue weighted by Crippen LogP contribution is -2.35. The number of benzene rings is 2. The third kappa shape index (κ3) is 8.44. The average molecular weight is 557 g/mol. The summed E-state index contributed by atoms with van der Waals surface area (Å²) in [5.41, 5.74) is 2.50. The summed E-state index contributed by atoms with van der Waals surface area (Å²) in [4.78, 5) is 14.2. The van der Waals surface area contributed by atoms with E-state index in [1.807, 2.05) is 32.0 Å². The Morgan fingerprint density at radius 1 is 1.10 bits per heavy atom. The van der Waals surface area contributed by atoms with Crippen LogP contribution in [0, 0.1) is 11.8 Å². The molecule has 2 aliphatic heterocycles. The Morgan fingerprint density at radius 3 is 2.72 bits per heavy atom. The highest BCUT2D eigenvalue weighted by Crippen LogP contribution is 2.35. The van der Waals surface area contributed by atoms with E-state index in [2.05, 4.69) is 11.8 Å². The normalized spacial score (nSPS) is 18.1. The average Bonchev–Trinajstić information content (AvgIpc) is 3.26. The van der Waals surface area contributed by atoms with Crippen LogP contribution in [0.3, 0.4) is 0 Å². The molecule has 39 heavy (non-hydrogen) atoms. The molecule has 0 aliphatic carbocycles. The number of sulfonamides is 1. The highest BCUT2D eigenvalue weighted by Gasteiger charge is 2.33. The maximum atomic E-state index is 12.4. The van der Waals surface area contributed by atoms with Crippen LogP contribution in [0.2, 0.25) is 0 Å². The first-order chi connectivity index (χ1) is 18.6. The summed E-state index contributed by atoms with van der Waals surface area (Å²) >= 11 is 0. The van der Waals surface area contributed by atoms with Gasteiger partial charge in [0.05, 0.1) is 18.0 Å². The van der Waals surface area contributed by atoms with Crippen LogP contribution < -0.4 is 9.88 Å². The number of amides is 1. The molecule has 2 aromatic rings. The van der Waals surface area contributed by atoms with Crippen molar-refractivity contribution in [2.24, 2.45) is 5.14 Å². The Morgan fingerprint density at radius 2 is 1.90 bits per heavy atom. The lowest BCUT2D eigenvalue weighted by atomic mass is 10.0. The smallest absolute Gasteiger partial charge is 0.410 e. The van der Waals surface area contributed by atoms with Gasteiger partial charge in [-0.2, -0.15) is 0 Å². The van der Waals surface area contributed by atoms with Crippen molar-refractivity contribution in [3.05, 3.63) is 59.2 Å². The maximum Gasteiger partial charge on any atom is 0.410 e. The van der Waals surface area contributed by atoms with Crippen molar-refractivity contribution in [3.8, 4) is 17.6 Å². The lowest BCUT2D eigenvalue weighted by Gasteiger charge is -2.32. The topological polar surface area (TPSA) is 117 Å². The quantitative estimate of drug-likeness (QED) is 0.320. The van der Waals surface area contributed by atoms with E-state index in [0.29, 0.717) is 31.9 Å². The van der Waals surface area contributed by atoms with Crippen molar-refractivity contribution in [1.82, 2.24) is 4.90 Å². The van der Waals surface area contributed by atoms with Crippen LogP contribution in [-0.2, 0) is 30.8 Å². The summed E-state index contributed by atoms with van der Waals surface area (Å²) in [6.07, 6.45) is 4.42. The minimum Gasteiger partial charge on any atom is -0.463 e. The molecule has 1 amide bonds. The molecule has 2 aromatic carbocycles. The van der Waals surface area contributed by atoms with Gasteiger partial charge >= 0.3 is 6.09 Å². The fraction of sp³-hybridized carbons (Fsp3) is 0.483. The number of rotatable bonds is 11. The van der Waals surface area contributed by atoms with Crippen molar-refractivity contribution in [2.75, 3.05) is 26.3 Å². The largest absolute Gasteiger partial charge is 0.463 e. The number of hydrogen-bond donors (Lipinski definition) is 1. The number of cyclic esters (lactones) is 1. The minimum atomic E-state index is -3.74. The van der Waals surface area contributed by atoms with Crippen LogP contribution >= 0.6 is 0 Å². The predicted molar refractivity (Wildman–Crippen MR) is 145 cm³/mol. The summed E-state index contributed by atoms with van der Waals surface area (Å²) in [5.74, 6) is 5.95. The molecule has 0 unspecified atom stereocenters. The zero-order valence-corrected chi connectivity index (χ0v) is 23.3. The van der Waals surface area contributed by atoms with Crippen molar-refractivity contribution < 1.29 is 32.2 Å². The minimum absolute atomic E-state index is 0.0430. The first-order valence-electron chi connectivity index (χ1n) is 13.2. The predicted octanol–water partition coefficient (Wildman–Crippen LogP) is 4.49. The standard InChI is InChI=1S/C29H36N2O7S/c1-29(2)36-21-24-19-23(13-14-26(24)38-29)27-20-31(28(32)37-27)15-6-4-3-5-7-16-35-17-9-11-22-10-8-12-25(18-22)39(30,33)34/h8,10,12-14,18-19,27H,3-7,15-17,20-21H2,1-2H3,(H2,30,33,34)/t27-/m0/s1. The number of ether oxygens (including phenoxy) is 4. The van der Waals surface area contributed by atoms with Crippen LogP contribution in [0.5, 0.6) is 5.75 Å². The van der Waals surface area contributed by atoms with E-state index in [9.17, 15) is 13.2 Å². The Bertz CT molecular complexity index is 1330. The molecule has 1 atom stereocenters. The molecule has 2 heterocycles. The van der Waals surface area contributed by atoms with Gasteiger partial charge in [0.1, 0.15) is 18.5 Å². The van der Waals surface area contributed by atoms with E-state index in [1.165, 1.54) is 12.1 Å². The molecule has 10 heteroatoms. The molecule has 0 saturated carbocycles. The number of carbonyl (C=O) groups is 1. The third-order valence-electron chi connectivity index (χ3n) is 6.56. The van der Waals surface area contributed by atoms with Crippen molar-refractivity contribution in [1.29, 1.82) is 0 Å². The molecule has 1 saturated heterocycles. The molecule has 2 aliphatic rings.